The number of hydrogen-bond acceptors (Lipinski definition) is 3. The third kappa shape index (κ3) is 4.08. The first-order chi connectivity index (χ1) is 11.4. The van der Waals surface area contributed by atoms with E-state index in [4.69, 9.17) is 0 Å². The van der Waals surface area contributed by atoms with Crippen LogP contribution in [-0.2, 0) is 16.1 Å². The van der Waals surface area contributed by atoms with Crippen LogP contribution in [0.4, 0.5) is 8.78 Å². The number of carbonyl (C=O) groups excluding carboxylic acids is 2. The maximum atomic E-state index is 13.1. The number of amides is 2. The number of carbonyl (C=O) groups is 2. The minimum atomic E-state index is -2.82. The Morgan fingerprint density at radius 2 is 2.08 bits per heavy atom. The normalized spacial score (nSPS) is 25.9. The Kier molecular flexibility index (Phi) is 4.80. The monoisotopic (exact) mass is 337 g/mol. The molecule has 2 N–H and O–H groups in total. The first-order valence-electron chi connectivity index (χ1n) is 8.13. The first-order valence-corrected chi connectivity index (χ1v) is 8.13. The van der Waals surface area contributed by atoms with E-state index in [0.29, 0.717) is 26.1 Å². The average molecular weight is 337 g/mol. The van der Waals surface area contributed by atoms with E-state index in [1.54, 1.807) is 4.90 Å². The van der Waals surface area contributed by atoms with Crippen LogP contribution in [0, 0.1) is 5.92 Å². The van der Waals surface area contributed by atoms with Crippen molar-refractivity contribution < 1.29 is 18.4 Å². The highest BCUT2D eigenvalue weighted by Crippen LogP contribution is 2.25. The average Bonchev–Trinajstić information content (AvgIpc) is 3.09. The summed E-state index contributed by atoms with van der Waals surface area (Å²) in [4.78, 5) is 25.8. The molecule has 1 aromatic rings. The molecule has 2 saturated heterocycles. The van der Waals surface area contributed by atoms with Crippen molar-refractivity contribution in [3.05, 3.63) is 35.9 Å². The summed E-state index contributed by atoms with van der Waals surface area (Å²) in [5, 5.41) is 5.23. The van der Waals surface area contributed by atoms with Gasteiger partial charge in [0.1, 0.15) is 0 Å². The third-order valence-corrected chi connectivity index (χ3v) is 4.50. The van der Waals surface area contributed by atoms with Crippen LogP contribution in [0.25, 0.3) is 0 Å². The topological polar surface area (TPSA) is 61.4 Å². The van der Waals surface area contributed by atoms with Crippen molar-refractivity contribution in [2.75, 3.05) is 19.6 Å². The lowest BCUT2D eigenvalue weighted by Gasteiger charge is -2.17. The fourth-order valence-corrected chi connectivity index (χ4v) is 3.22. The van der Waals surface area contributed by atoms with E-state index in [-0.39, 0.29) is 11.8 Å². The fourth-order valence-electron chi connectivity index (χ4n) is 3.22. The molecule has 0 spiro atoms. The second-order valence-electron chi connectivity index (χ2n) is 6.57. The predicted molar refractivity (Wildman–Crippen MR) is 84.3 cm³/mol. The van der Waals surface area contributed by atoms with Crippen LogP contribution in [0.15, 0.2) is 30.3 Å². The number of benzene rings is 1. The second-order valence-corrected chi connectivity index (χ2v) is 6.57. The van der Waals surface area contributed by atoms with E-state index in [1.165, 1.54) is 0 Å². The van der Waals surface area contributed by atoms with Gasteiger partial charge in [0.15, 0.2) is 0 Å². The Labute approximate surface area is 139 Å². The van der Waals surface area contributed by atoms with Gasteiger partial charge < -0.3 is 10.2 Å². The maximum absolute atomic E-state index is 13.1. The van der Waals surface area contributed by atoms with Gasteiger partial charge in [-0.15, -0.1) is 0 Å². The zero-order valence-electron chi connectivity index (χ0n) is 13.3. The van der Waals surface area contributed by atoms with Gasteiger partial charge >= 0.3 is 0 Å². The molecule has 2 aliphatic rings. The van der Waals surface area contributed by atoms with E-state index in [9.17, 15) is 18.4 Å². The number of alkyl halides is 2. The van der Waals surface area contributed by atoms with Crippen molar-refractivity contribution in [3.63, 3.8) is 0 Å². The highest BCUT2D eigenvalue weighted by atomic mass is 19.3. The van der Waals surface area contributed by atoms with E-state index < -0.39 is 30.8 Å². The highest BCUT2D eigenvalue weighted by molar-refractivity contribution is 5.82. The van der Waals surface area contributed by atoms with E-state index in [1.807, 2.05) is 30.3 Å². The van der Waals surface area contributed by atoms with Crippen LogP contribution in [0.1, 0.15) is 18.4 Å². The third-order valence-electron chi connectivity index (χ3n) is 4.50. The molecule has 24 heavy (non-hydrogen) atoms. The quantitative estimate of drug-likeness (QED) is 0.847. The Morgan fingerprint density at radius 3 is 2.75 bits per heavy atom. The first kappa shape index (κ1) is 16.8. The van der Waals surface area contributed by atoms with E-state index in [0.717, 1.165) is 5.56 Å². The summed E-state index contributed by atoms with van der Waals surface area (Å²) in [7, 11) is 0. The van der Waals surface area contributed by atoms with Gasteiger partial charge in [-0.2, -0.15) is 0 Å². The standard InChI is InChI=1S/C17H21F2N3O2/c18-17(19)7-14(21-11-17)16(24)20-8-13-6-15(23)22(10-13)9-12-4-2-1-3-5-12/h1-5,13-14,21H,6-11H2,(H,20,24). The summed E-state index contributed by atoms with van der Waals surface area (Å²) >= 11 is 0. The SMILES string of the molecule is O=C(NCC1CC(=O)N(Cc2ccccc2)C1)C1CC(F)(F)CN1. The molecule has 7 heteroatoms. The Balaban J connectivity index is 1.45. The molecule has 2 amide bonds. The van der Waals surface area contributed by atoms with Crippen molar-refractivity contribution in [1.29, 1.82) is 0 Å². The molecule has 2 atom stereocenters. The maximum Gasteiger partial charge on any atom is 0.262 e. The van der Waals surface area contributed by atoms with Crippen LogP contribution in [0.3, 0.4) is 0 Å². The number of nitrogens with one attached hydrogen (secondary N) is 2. The molecule has 1 aromatic carbocycles. The summed E-state index contributed by atoms with van der Waals surface area (Å²) in [6.07, 6.45) is -0.0933. The zero-order valence-corrected chi connectivity index (χ0v) is 13.3. The molecular formula is C17H21F2N3O2. The molecule has 2 aliphatic heterocycles. The fraction of sp³-hybridized carbons (Fsp3) is 0.529. The van der Waals surface area contributed by atoms with E-state index >= 15 is 0 Å². The molecule has 0 radical (unpaired) electrons. The largest absolute Gasteiger partial charge is 0.354 e. The van der Waals surface area contributed by atoms with E-state index in [2.05, 4.69) is 10.6 Å². The minimum absolute atomic E-state index is 0.0204. The van der Waals surface area contributed by atoms with Crippen LogP contribution in [-0.4, -0.2) is 48.3 Å². The second kappa shape index (κ2) is 6.84. The van der Waals surface area contributed by atoms with Gasteiger partial charge in [-0.1, -0.05) is 30.3 Å². The van der Waals surface area contributed by atoms with Crippen molar-refractivity contribution in [1.82, 2.24) is 15.5 Å². The van der Waals surface area contributed by atoms with Crippen LogP contribution in [0.2, 0.25) is 0 Å². The summed E-state index contributed by atoms with van der Waals surface area (Å²) in [5.74, 6) is -3.16. The van der Waals surface area contributed by atoms with Gasteiger partial charge in [0.2, 0.25) is 11.8 Å². The lowest BCUT2D eigenvalue weighted by atomic mass is 10.1. The molecule has 2 fully saturated rings. The van der Waals surface area contributed by atoms with Crippen molar-refractivity contribution in [3.8, 4) is 0 Å². The van der Waals surface area contributed by atoms with Crippen LogP contribution >= 0.6 is 0 Å². The number of rotatable bonds is 5. The highest BCUT2D eigenvalue weighted by Gasteiger charge is 2.42. The summed E-state index contributed by atoms with van der Waals surface area (Å²) in [5.41, 5.74) is 1.06. The molecule has 0 bridgehead atoms. The van der Waals surface area contributed by atoms with Crippen molar-refractivity contribution in [2.24, 2.45) is 5.92 Å². The molecular weight excluding hydrogens is 316 g/mol. The Bertz CT molecular complexity index is 609. The molecule has 2 unspecified atom stereocenters. The van der Waals surface area contributed by atoms with Gasteiger partial charge in [-0.05, 0) is 5.56 Å². The molecule has 5 nitrogen and oxygen atoms in total. The van der Waals surface area contributed by atoms with Crippen LogP contribution < -0.4 is 10.6 Å². The lowest BCUT2D eigenvalue weighted by molar-refractivity contribution is -0.128. The molecule has 0 aliphatic carbocycles. The lowest BCUT2D eigenvalue weighted by Crippen LogP contribution is -2.42. The summed E-state index contributed by atoms with van der Waals surface area (Å²) in [6, 6.07) is 8.87. The molecule has 130 valence electrons. The summed E-state index contributed by atoms with van der Waals surface area (Å²) in [6.45, 7) is 1.00. The molecule has 0 aromatic heterocycles. The van der Waals surface area contributed by atoms with Crippen molar-refractivity contribution in [2.45, 2.75) is 31.4 Å². The predicted octanol–water partition coefficient (Wildman–Crippen LogP) is 1.15. The molecule has 3 rings (SSSR count). The van der Waals surface area contributed by atoms with Gasteiger partial charge in [0, 0.05) is 38.4 Å². The smallest absolute Gasteiger partial charge is 0.262 e. The van der Waals surface area contributed by atoms with Gasteiger partial charge in [0.05, 0.1) is 12.6 Å². The molecule has 2 heterocycles. The summed E-state index contributed by atoms with van der Waals surface area (Å²) < 4.78 is 26.2. The van der Waals surface area contributed by atoms with Crippen molar-refractivity contribution >= 4 is 11.8 Å². The Hall–Kier alpha value is -2.02. The van der Waals surface area contributed by atoms with Gasteiger partial charge in [0.25, 0.3) is 5.92 Å². The number of nitrogens with zero attached hydrogens (tertiary/aromatic N) is 1. The van der Waals surface area contributed by atoms with Gasteiger partial charge in [-0.3, -0.25) is 14.9 Å². The number of likely N-dealkylation sites (tertiary alicyclic amines) is 1. The molecule has 0 saturated carbocycles. The minimum Gasteiger partial charge on any atom is -0.354 e. The Morgan fingerprint density at radius 1 is 1.33 bits per heavy atom. The number of hydrogen-bond donors (Lipinski definition) is 2. The van der Waals surface area contributed by atoms with Crippen LogP contribution in [0.5, 0.6) is 0 Å². The van der Waals surface area contributed by atoms with Gasteiger partial charge in [-0.25, -0.2) is 8.78 Å². The number of halogens is 2. The zero-order chi connectivity index (χ0) is 17.2.